The molecular weight excluding hydrogens is 414 g/mol. The number of anilines is 2. The highest BCUT2D eigenvalue weighted by Crippen LogP contribution is 2.35. The third kappa shape index (κ3) is 4.30. The Labute approximate surface area is 183 Å². The lowest BCUT2D eigenvalue weighted by molar-refractivity contribution is -0.116. The van der Waals surface area contributed by atoms with Crippen LogP contribution in [-0.2, 0) is 14.6 Å². The number of nitrogens with zero attached hydrogens (tertiary/aromatic N) is 2. The quantitative estimate of drug-likeness (QED) is 0.739. The molecule has 0 saturated carbocycles. The van der Waals surface area contributed by atoms with Crippen LogP contribution in [0.5, 0.6) is 0 Å². The summed E-state index contributed by atoms with van der Waals surface area (Å²) in [5, 5.41) is 2.84. The van der Waals surface area contributed by atoms with E-state index in [1.807, 2.05) is 64.1 Å². The van der Waals surface area contributed by atoms with Crippen molar-refractivity contribution < 1.29 is 18.0 Å². The van der Waals surface area contributed by atoms with Gasteiger partial charge in [0.15, 0.2) is 9.84 Å². The normalized spacial score (nSPS) is 22.0. The summed E-state index contributed by atoms with van der Waals surface area (Å²) in [5.74, 6) is -0.559. The maximum atomic E-state index is 13.3. The Kier molecular flexibility index (Phi) is 5.29. The molecule has 2 aliphatic rings. The van der Waals surface area contributed by atoms with Crippen LogP contribution in [0.3, 0.4) is 0 Å². The number of urea groups is 1. The lowest BCUT2D eigenvalue weighted by Gasteiger charge is -2.23. The molecule has 2 aromatic rings. The van der Waals surface area contributed by atoms with Crippen LogP contribution in [0.15, 0.2) is 36.4 Å². The molecule has 0 bridgehead atoms. The molecule has 2 aromatic carbocycles. The van der Waals surface area contributed by atoms with E-state index in [9.17, 15) is 18.0 Å². The topological polar surface area (TPSA) is 86.8 Å². The molecule has 0 aromatic heterocycles. The van der Waals surface area contributed by atoms with Crippen molar-refractivity contribution in [3.8, 4) is 0 Å². The van der Waals surface area contributed by atoms with Gasteiger partial charge in [-0.3, -0.25) is 9.69 Å². The average molecular weight is 442 g/mol. The van der Waals surface area contributed by atoms with Gasteiger partial charge in [0, 0.05) is 11.4 Å². The summed E-state index contributed by atoms with van der Waals surface area (Å²) in [6, 6.07) is 10.1. The summed E-state index contributed by atoms with van der Waals surface area (Å²) >= 11 is 0. The lowest BCUT2D eigenvalue weighted by atomic mass is 10.1. The second kappa shape index (κ2) is 7.67. The van der Waals surface area contributed by atoms with E-state index < -0.39 is 21.9 Å². The van der Waals surface area contributed by atoms with Crippen LogP contribution in [0.4, 0.5) is 16.2 Å². The predicted molar refractivity (Wildman–Crippen MR) is 121 cm³/mol. The summed E-state index contributed by atoms with van der Waals surface area (Å²) in [6.45, 7) is 7.58. The highest BCUT2D eigenvalue weighted by atomic mass is 32.2. The highest BCUT2D eigenvalue weighted by molar-refractivity contribution is 7.91. The first-order valence-corrected chi connectivity index (χ1v) is 12.1. The maximum Gasteiger partial charge on any atom is 0.325 e. The molecule has 2 saturated heterocycles. The first-order chi connectivity index (χ1) is 14.5. The van der Waals surface area contributed by atoms with E-state index in [1.54, 1.807) is 4.90 Å². The summed E-state index contributed by atoms with van der Waals surface area (Å²) in [7, 11) is -3.30. The van der Waals surface area contributed by atoms with Crippen molar-refractivity contribution in [1.82, 2.24) is 4.90 Å². The molecule has 8 heteroatoms. The van der Waals surface area contributed by atoms with Crippen LogP contribution in [0.25, 0.3) is 0 Å². The van der Waals surface area contributed by atoms with Crippen molar-refractivity contribution in [3.63, 3.8) is 0 Å². The predicted octanol–water partition coefficient (Wildman–Crippen LogP) is 2.97. The van der Waals surface area contributed by atoms with Gasteiger partial charge < -0.3 is 10.2 Å². The largest absolute Gasteiger partial charge is 0.325 e. The van der Waals surface area contributed by atoms with Gasteiger partial charge in [0.05, 0.1) is 23.6 Å². The molecule has 3 amide bonds. The van der Waals surface area contributed by atoms with Gasteiger partial charge >= 0.3 is 6.03 Å². The number of carbonyl (C=O) groups is 2. The third-order valence-electron chi connectivity index (χ3n) is 5.78. The fourth-order valence-electron chi connectivity index (χ4n) is 4.76. The molecule has 2 unspecified atom stereocenters. The van der Waals surface area contributed by atoms with Crippen LogP contribution in [0, 0.1) is 27.7 Å². The molecule has 0 spiro atoms. The molecule has 2 heterocycles. The van der Waals surface area contributed by atoms with E-state index >= 15 is 0 Å². The molecule has 31 heavy (non-hydrogen) atoms. The summed E-state index contributed by atoms with van der Waals surface area (Å²) in [4.78, 5) is 29.1. The minimum absolute atomic E-state index is 0.0917. The summed E-state index contributed by atoms with van der Waals surface area (Å²) in [6.07, 6.45) is 0. The van der Waals surface area contributed by atoms with E-state index in [0.717, 1.165) is 22.3 Å². The SMILES string of the molecule is Cc1cc(C)cc(NC(=O)CN2C(=O)N(c3cc(C)cc(C)c3)C3CS(=O)(=O)CC32)c1. The Bertz CT molecular complexity index is 1130. The van der Waals surface area contributed by atoms with Crippen molar-refractivity contribution in [2.45, 2.75) is 39.8 Å². The van der Waals surface area contributed by atoms with Crippen molar-refractivity contribution in [2.75, 3.05) is 28.3 Å². The molecule has 4 rings (SSSR count). The molecule has 0 radical (unpaired) electrons. The number of sulfone groups is 1. The molecule has 2 fully saturated rings. The lowest BCUT2D eigenvalue weighted by Crippen LogP contribution is -2.42. The van der Waals surface area contributed by atoms with Crippen molar-refractivity contribution in [2.24, 2.45) is 0 Å². The first kappa shape index (κ1) is 21.4. The number of rotatable bonds is 4. The fraction of sp³-hybridized carbons (Fsp3) is 0.391. The van der Waals surface area contributed by atoms with Gasteiger partial charge in [-0.2, -0.15) is 0 Å². The van der Waals surface area contributed by atoms with Gasteiger partial charge in [0.1, 0.15) is 6.54 Å². The number of nitrogens with one attached hydrogen (secondary N) is 1. The summed E-state index contributed by atoms with van der Waals surface area (Å²) < 4.78 is 24.8. The second-order valence-electron chi connectivity index (χ2n) is 8.76. The van der Waals surface area contributed by atoms with E-state index in [0.29, 0.717) is 11.4 Å². The van der Waals surface area contributed by atoms with Crippen LogP contribution < -0.4 is 10.2 Å². The van der Waals surface area contributed by atoms with Gasteiger partial charge in [0.25, 0.3) is 0 Å². The molecule has 164 valence electrons. The smallest absolute Gasteiger partial charge is 0.325 e. The number of amides is 3. The number of benzene rings is 2. The van der Waals surface area contributed by atoms with Crippen LogP contribution in [0.1, 0.15) is 22.3 Å². The van der Waals surface area contributed by atoms with E-state index in [2.05, 4.69) is 5.32 Å². The monoisotopic (exact) mass is 441 g/mol. The second-order valence-corrected chi connectivity index (χ2v) is 10.9. The number of fused-ring (bicyclic) bond motifs is 1. The Morgan fingerprint density at radius 2 is 1.42 bits per heavy atom. The number of hydrogen-bond acceptors (Lipinski definition) is 4. The molecule has 7 nitrogen and oxygen atoms in total. The molecule has 2 atom stereocenters. The molecular formula is C23H27N3O4S. The molecule has 1 N–H and O–H groups in total. The standard InChI is InChI=1S/C23H27N3O4S/c1-14-5-15(2)8-18(7-14)24-22(27)11-25-20-12-31(29,30)13-21(20)26(23(25)28)19-9-16(3)6-17(4)10-19/h5-10,20-21H,11-13H2,1-4H3,(H,24,27). The minimum Gasteiger partial charge on any atom is -0.325 e. The zero-order valence-electron chi connectivity index (χ0n) is 18.2. The average Bonchev–Trinajstić information content (AvgIpc) is 3.03. The van der Waals surface area contributed by atoms with Gasteiger partial charge in [-0.25, -0.2) is 13.2 Å². The zero-order valence-corrected chi connectivity index (χ0v) is 19.0. The zero-order chi connectivity index (χ0) is 22.5. The number of hydrogen-bond donors (Lipinski definition) is 1. The van der Waals surface area contributed by atoms with E-state index in [-0.39, 0.29) is 30.0 Å². The Balaban J connectivity index is 1.61. The van der Waals surface area contributed by atoms with Crippen molar-refractivity contribution >= 4 is 33.2 Å². The highest BCUT2D eigenvalue weighted by Gasteiger charge is 2.54. The summed E-state index contributed by atoms with van der Waals surface area (Å²) in [5.41, 5.74) is 5.37. The molecule has 2 aliphatic heterocycles. The van der Waals surface area contributed by atoms with Crippen LogP contribution >= 0.6 is 0 Å². The third-order valence-corrected chi connectivity index (χ3v) is 7.48. The van der Waals surface area contributed by atoms with Gasteiger partial charge in [-0.05, 0) is 74.2 Å². The van der Waals surface area contributed by atoms with Gasteiger partial charge in [-0.15, -0.1) is 0 Å². The first-order valence-electron chi connectivity index (χ1n) is 10.3. The van der Waals surface area contributed by atoms with Gasteiger partial charge in [-0.1, -0.05) is 12.1 Å². The van der Waals surface area contributed by atoms with Crippen molar-refractivity contribution in [1.29, 1.82) is 0 Å². The van der Waals surface area contributed by atoms with Gasteiger partial charge in [0.2, 0.25) is 5.91 Å². The molecule has 0 aliphatic carbocycles. The Morgan fingerprint density at radius 3 is 2.00 bits per heavy atom. The Hall–Kier alpha value is -2.87. The van der Waals surface area contributed by atoms with Crippen LogP contribution in [0.2, 0.25) is 0 Å². The fourth-order valence-corrected chi connectivity index (χ4v) is 6.71. The maximum absolute atomic E-state index is 13.3. The van der Waals surface area contributed by atoms with E-state index in [4.69, 9.17) is 0 Å². The number of carbonyl (C=O) groups excluding carboxylic acids is 2. The Morgan fingerprint density at radius 1 is 0.903 bits per heavy atom. The number of aryl methyl sites for hydroxylation is 4. The van der Waals surface area contributed by atoms with E-state index in [1.165, 1.54) is 4.90 Å². The van der Waals surface area contributed by atoms with Crippen LogP contribution in [-0.4, -0.2) is 55.4 Å². The minimum atomic E-state index is -3.30. The van der Waals surface area contributed by atoms with Crippen molar-refractivity contribution in [3.05, 3.63) is 58.7 Å².